The van der Waals surface area contributed by atoms with Crippen LogP contribution in [0.25, 0.3) is 0 Å². The van der Waals surface area contributed by atoms with Crippen molar-refractivity contribution in [2.75, 3.05) is 0 Å². The Balaban J connectivity index is 2.06. The van der Waals surface area contributed by atoms with Crippen LogP contribution >= 0.6 is 11.6 Å². The van der Waals surface area contributed by atoms with Crippen LogP contribution in [0, 0.1) is 0 Å². The first-order valence-electron chi connectivity index (χ1n) is 5.36. The first kappa shape index (κ1) is 12.6. The van der Waals surface area contributed by atoms with Gasteiger partial charge in [0.05, 0.1) is 5.56 Å². The smallest absolute Gasteiger partial charge is 0.340 e. The molecule has 0 amide bonds. The minimum atomic E-state index is -1.30. The average Bonchev–Trinajstić information content (AvgIpc) is 2.40. The van der Waals surface area contributed by atoms with Gasteiger partial charge in [-0.3, -0.25) is 0 Å². The molecule has 1 unspecified atom stereocenters. The van der Waals surface area contributed by atoms with Gasteiger partial charge in [0.1, 0.15) is 0 Å². The van der Waals surface area contributed by atoms with Crippen LogP contribution < -0.4 is 0 Å². The number of carbonyl (C=O) groups is 1. The fourth-order valence-corrected chi connectivity index (χ4v) is 1.57. The van der Waals surface area contributed by atoms with Crippen LogP contribution in [0.1, 0.15) is 22.2 Å². The van der Waals surface area contributed by atoms with Gasteiger partial charge < -0.3 is 9.84 Å². The highest BCUT2D eigenvalue weighted by molar-refractivity contribution is 6.30. The molecule has 92 valence electrons. The van der Waals surface area contributed by atoms with Gasteiger partial charge in [0.25, 0.3) is 0 Å². The van der Waals surface area contributed by atoms with Gasteiger partial charge >= 0.3 is 5.97 Å². The molecular formula is C14H11ClO3. The van der Waals surface area contributed by atoms with Crippen molar-refractivity contribution in [3.63, 3.8) is 0 Å². The van der Waals surface area contributed by atoms with E-state index < -0.39 is 12.3 Å². The summed E-state index contributed by atoms with van der Waals surface area (Å²) in [7, 11) is 0. The molecule has 0 fully saturated rings. The maximum Gasteiger partial charge on any atom is 0.340 e. The first-order chi connectivity index (χ1) is 8.66. The number of rotatable bonds is 3. The number of aliphatic hydroxyl groups is 1. The molecule has 0 aromatic heterocycles. The number of carbonyl (C=O) groups excluding carboxylic acids is 1. The molecule has 0 bridgehead atoms. The van der Waals surface area contributed by atoms with E-state index in [-0.39, 0.29) is 0 Å². The lowest BCUT2D eigenvalue weighted by atomic mass is 10.2. The molecule has 1 atom stereocenters. The lowest BCUT2D eigenvalue weighted by molar-refractivity contribution is -0.0671. The zero-order valence-electron chi connectivity index (χ0n) is 9.42. The summed E-state index contributed by atoms with van der Waals surface area (Å²) < 4.78 is 4.94. The quantitative estimate of drug-likeness (QED) is 0.683. The second kappa shape index (κ2) is 5.67. The SMILES string of the molecule is O=C(OC(O)c1ccc(Cl)cc1)c1ccccc1. The molecule has 18 heavy (non-hydrogen) atoms. The Kier molecular flexibility index (Phi) is 3.97. The molecule has 0 heterocycles. The van der Waals surface area contributed by atoms with E-state index in [1.165, 1.54) is 0 Å². The Morgan fingerprint density at radius 1 is 1.06 bits per heavy atom. The third-order valence-electron chi connectivity index (χ3n) is 2.38. The summed E-state index contributed by atoms with van der Waals surface area (Å²) in [6.45, 7) is 0. The largest absolute Gasteiger partial charge is 0.428 e. The summed E-state index contributed by atoms with van der Waals surface area (Å²) in [5.41, 5.74) is 0.870. The molecule has 0 aliphatic rings. The minimum absolute atomic E-state index is 0.394. The molecular weight excluding hydrogens is 252 g/mol. The summed E-state index contributed by atoms with van der Waals surface area (Å²) in [5, 5.41) is 10.3. The summed E-state index contributed by atoms with van der Waals surface area (Å²) in [6.07, 6.45) is -1.30. The van der Waals surface area contributed by atoms with Gasteiger partial charge in [-0.2, -0.15) is 0 Å². The molecule has 3 nitrogen and oxygen atoms in total. The van der Waals surface area contributed by atoms with Crippen molar-refractivity contribution in [2.24, 2.45) is 0 Å². The van der Waals surface area contributed by atoms with Crippen LogP contribution in [0.2, 0.25) is 5.02 Å². The zero-order valence-corrected chi connectivity index (χ0v) is 10.2. The number of esters is 1. The van der Waals surface area contributed by atoms with Crippen molar-refractivity contribution in [2.45, 2.75) is 6.29 Å². The summed E-state index contributed by atoms with van der Waals surface area (Å²) in [6, 6.07) is 14.9. The van der Waals surface area contributed by atoms with E-state index in [1.54, 1.807) is 54.6 Å². The number of hydrogen-bond donors (Lipinski definition) is 1. The molecule has 0 radical (unpaired) electrons. The molecule has 0 aliphatic heterocycles. The van der Waals surface area contributed by atoms with Crippen LogP contribution in [0.15, 0.2) is 54.6 Å². The van der Waals surface area contributed by atoms with E-state index in [0.717, 1.165) is 0 Å². The molecule has 2 aromatic carbocycles. The zero-order chi connectivity index (χ0) is 13.0. The number of aliphatic hydroxyl groups excluding tert-OH is 1. The Morgan fingerprint density at radius 2 is 1.67 bits per heavy atom. The normalized spacial score (nSPS) is 11.9. The van der Waals surface area contributed by atoms with E-state index in [0.29, 0.717) is 16.1 Å². The molecule has 0 saturated carbocycles. The van der Waals surface area contributed by atoms with Crippen molar-refractivity contribution >= 4 is 17.6 Å². The van der Waals surface area contributed by atoms with E-state index in [4.69, 9.17) is 16.3 Å². The lowest BCUT2D eigenvalue weighted by Crippen LogP contribution is -2.10. The lowest BCUT2D eigenvalue weighted by Gasteiger charge is -2.12. The molecule has 0 saturated heterocycles. The molecule has 2 rings (SSSR count). The fourth-order valence-electron chi connectivity index (χ4n) is 1.44. The van der Waals surface area contributed by atoms with Gasteiger partial charge in [-0.15, -0.1) is 0 Å². The van der Waals surface area contributed by atoms with E-state index in [9.17, 15) is 9.90 Å². The summed E-state index contributed by atoms with van der Waals surface area (Å²) in [4.78, 5) is 11.7. The number of benzene rings is 2. The number of ether oxygens (including phenoxy) is 1. The predicted octanol–water partition coefficient (Wildman–Crippen LogP) is 3.19. The molecule has 0 aliphatic carbocycles. The fraction of sp³-hybridized carbons (Fsp3) is 0.0714. The predicted molar refractivity (Wildman–Crippen MR) is 68.3 cm³/mol. The van der Waals surface area contributed by atoms with Gasteiger partial charge in [-0.25, -0.2) is 4.79 Å². The van der Waals surface area contributed by atoms with Gasteiger partial charge in [-0.1, -0.05) is 41.9 Å². The highest BCUT2D eigenvalue weighted by Gasteiger charge is 2.14. The van der Waals surface area contributed by atoms with Crippen LogP contribution in [0.4, 0.5) is 0 Å². The molecule has 1 N–H and O–H groups in total. The van der Waals surface area contributed by atoms with Crippen LogP contribution in [0.3, 0.4) is 0 Å². The maximum atomic E-state index is 11.7. The molecule has 2 aromatic rings. The highest BCUT2D eigenvalue weighted by Crippen LogP contribution is 2.18. The standard InChI is InChI=1S/C14H11ClO3/c15-12-8-6-11(7-9-12)14(17)18-13(16)10-4-2-1-3-5-10/h1-9,14,17H. The minimum Gasteiger partial charge on any atom is -0.428 e. The third kappa shape index (κ3) is 3.09. The van der Waals surface area contributed by atoms with Crippen molar-refractivity contribution in [3.05, 3.63) is 70.7 Å². The molecule has 4 heteroatoms. The topological polar surface area (TPSA) is 46.5 Å². The van der Waals surface area contributed by atoms with Crippen molar-refractivity contribution in [1.29, 1.82) is 0 Å². The number of halogens is 1. The maximum absolute atomic E-state index is 11.7. The average molecular weight is 263 g/mol. The molecule has 0 spiro atoms. The van der Waals surface area contributed by atoms with Gasteiger partial charge in [0.2, 0.25) is 6.29 Å². The summed E-state index contributed by atoms with van der Waals surface area (Å²) in [5.74, 6) is -0.571. The number of hydrogen-bond acceptors (Lipinski definition) is 3. The van der Waals surface area contributed by atoms with Gasteiger partial charge in [-0.05, 0) is 24.3 Å². The second-order valence-electron chi connectivity index (χ2n) is 3.68. The highest BCUT2D eigenvalue weighted by atomic mass is 35.5. The van der Waals surface area contributed by atoms with E-state index in [2.05, 4.69) is 0 Å². The van der Waals surface area contributed by atoms with Crippen molar-refractivity contribution in [3.8, 4) is 0 Å². The summed E-state index contributed by atoms with van der Waals surface area (Å²) >= 11 is 5.73. The Bertz CT molecular complexity index is 522. The Labute approximate surface area is 110 Å². The van der Waals surface area contributed by atoms with Crippen molar-refractivity contribution in [1.82, 2.24) is 0 Å². The second-order valence-corrected chi connectivity index (χ2v) is 4.11. The third-order valence-corrected chi connectivity index (χ3v) is 2.64. The van der Waals surface area contributed by atoms with E-state index >= 15 is 0 Å². The van der Waals surface area contributed by atoms with Crippen molar-refractivity contribution < 1.29 is 14.6 Å². The first-order valence-corrected chi connectivity index (χ1v) is 5.74. The van der Waals surface area contributed by atoms with Gasteiger partial charge in [0.15, 0.2) is 0 Å². The van der Waals surface area contributed by atoms with Crippen LogP contribution in [-0.4, -0.2) is 11.1 Å². The van der Waals surface area contributed by atoms with Gasteiger partial charge in [0, 0.05) is 10.6 Å². The van der Waals surface area contributed by atoms with E-state index in [1.807, 2.05) is 0 Å². The monoisotopic (exact) mass is 262 g/mol. The Morgan fingerprint density at radius 3 is 2.28 bits per heavy atom. The van der Waals surface area contributed by atoms with Crippen LogP contribution in [0.5, 0.6) is 0 Å². The Hall–Kier alpha value is -1.84. The van der Waals surface area contributed by atoms with Crippen LogP contribution in [-0.2, 0) is 4.74 Å².